The molecule has 2 unspecified atom stereocenters. The van der Waals surface area contributed by atoms with Crippen LogP contribution in [-0.4, -0.2) is 44.8 Å². The van der Waals surface area contributed by atoms with Crippen molar-refractivity contribution in [3.63, 3.8) is 0 Å². The van der Waals surface area contributed by atoms with E-state index in [2.05, 4.69) is 10.6 Å². The molecule has 1 aromatic rings. The SMILES string of the molecule is Cc1ccc(NC(=O)CC2CC3CCC(C2)N3)cc1S(=O)(=O)N(C)C.Cl. The molecule has 2 saturated heterocycles. The number of nitrogens with zero attached hydrogens (tertiary/aromatic N) is 1. The maximum Gasteiger partial charge on any atom is 0.242 e. The van der Waals surface area contributed by atoms with Crippen molar-refractivity contribution in [2.45, 2.75) is 56.0 Å². The number of fused-ring (bicyclic) bond motifs is 2. The molecule has 0 aliphatic carbocycles. The highest BCUT2D eigenvalue weighted by atomic mass is 35.5. The summed E-state index contributed by atoms with van der Waals surface area (Å²) in [6.07, 6.45) is 5.04. The molecule has 2 fully saturated rings. The van der Waals surface area contributed by atoms with Crippen LogP contribution in [0.4, 0.5) is 5.69 Å². The van der Waals surface area contributed by atoms with Crippen molar-refractivity contribution in [2.75, 3.05) is 19.4 Å². The van der Waals surface area contributed by atoms with Crippen molar-refractivity contribution < 1.29 is 13.2 Å². The van der Waals surface area contributed by atoms with Crippen LogP contribution in [0.1, 0.15) is 37.7 Å². The lowest BCUT2D eigenvalue weighted by molar-refractivity contribution is -0.117. The molecule has 2 N–H and O–H groups in total. The fourth-order valence-electron chi connectivity index (χ4n) is 3.97. The quantitative estimate of drug-likeness (QED) is 0.794. The first-order chi connectivity index (χ1) is 11.8. The fraction of sp³-hybridized carbons (Fsp3) is 0.611. The summed E-state index contributed by atoms with van der Waals surface area (Å²) in [4.78, 5) is 12.6. The Bertz CT molecular complexity index is 755. The predicted octanol–water partition coefficient (Wildman–Crippen LogP) is 2.53. The summed E-state index contributed by atoms with van der Waals surface area (Å²) in [6, 6.07) is 6.17. The average molecular weight is 402 g/mol. The van der Waals surface area contributed by atoms with Gasteiger partial charge in [-0.3, -0.25) is 4.79 Å². The van der Waals surface area contributed by atoms with Crippen LogP contribution >= 0.6 is 12.4 Å². The molecule has 2 aliphatic heterocycles. The lowest BCUT2D eigenvalue weighted by Gasteiger charge is -2.28. The Balaban J connectivity index is 0.00000243. The Kier molecular flexibility index (Phi) is 6.71. The Hall–Kier alpha value is -1.15. The third-order valence-corrected chi connectivity index (χ3v) is 7.23. The largest absolute Gasteiger partial charge is 0.326 e. The number of anilines is 1. The summed E-state index contributed by atoms with van der Waals surface area (Å²) >= 11 is 0. The van der Waals surface area contributed by atoms with Crippen molar-refractivity contribution in [1.29, 1.82) is 0 Å². The molecule has 0 spiro atoms. The predicted molar refractivity (Wildman–Crippen MR) is 105 cm³/mol. The average Bonchev–Trinajstić information content (AvgIpc) is 2.87. The highest BCUT2D eigenvalue weighted by molar-refractivity contribution is 7.89. The molecule has 1 aromatic carbocycles. The Morgan fingerprint density at radius 1 is 1.23 bits per heavy atom. The number of piperidine rings is 1. The van der Waals surface area contributed by atoms with Crippen molar-refractivity contribution >= 4 is 34.0 Å². The van der Waals surface area contributed by atoms with Gasteiger partial charge in [-0.2, -0.15) is 0 Å². The normalized spacial score (nSPS) is 25.0. The van der Waals surface area contributed by atoms with Gasteiger partial charge in [-0.15, -0.1) is 12.4 Å². The van der Waals surface area contributed by atoms with E-state index in [1.807, 2.05) is 0 Å². The standard InChI is InChI=1S/C18H27N3O3S.ClH/c1-12-4-5-16(11-17(12)25(23,24)21(2)3)20-18(22)10-13-8-14-6-7-15(9-13)19-14;/h4-5,11,13-15,19H,6-10H2,1-3H3,(H,20,22);1H. The molecule has 8 heteroatoms. The van der Waals surface area contributed by atoms with E-state index in [0.717, 1.165) is 12.8 Å². The minimum absolute atomic E-state index is 0. The molecule has 2 atom stereocenters. The van der Waals surface area contributed by atoms with Crippen molar-refractivity contribution in [3.05, 3.63) is 23.8 Å². The number of halogens is 1. The number of aryl methyl sites for hydroxylation is 1. The monoisotopic (exact) mass is 401 g/mol. The lowest BCUT2D eigenvalue weighted by Crippen LogP contribution is -2.39. The van der Waals surface area contributed by atoms with Crippen LogP contribution in [0, 0.1) is 12.8 Å². The van der Waals surface area contributed by atoms with Gasteiger partial charge in [0.15, 0.2) is 0 Å². The van der Waals surface area contributed by atoms with Crippen LogP contribution in [0.3, 0.4) is 0 Å². The summed E-state index contributed by atoms with van der Waals surface area (Å²) in [7, 11) is -0.515. The van der Waals surface area contributed by atoms with Gasteiger partial charge < -0.3 is 10.6 Å². The Morgan fingerprint density at radius 2 is 1.85 bits per heavy atom. The van der Waals surface area contributed by atoms with Crippen LogP contribution in [0.2, 0.25) is 0 Å². The fourth-order valence-corrected chi connectivity index (χ4v) is 5.11. The third kappa shape index (κ3) is 4.57. The smallest absolute Gasteiger partial charge is 0.242 e. The number of nitrogens with one attached hydrogen (secondary N) is 2. The van der Waals surface area contributed by atoms with E-state index >= 15 is 0 Å². The van der Waals surface area contributed by atoms with Gasteiger partial charge in [0.2, 0.25) is 15.9 Å². The molecule has 3 rings (SSSR count). The van der Waals surface area contributed by atoms with E-state index in [0.29, 0.717) is 35.7 Å². The second kappa shape index (κ2) is 8.25. The zero-order valence-electron chi connectivity index (χ0n) is 15.5. The molecule has 0 radical (unpaired) electrons. The van der Waals surface area contributed by atoms with E-state index in [-0.39, 0.29) is 23.2 Å². The minimum Gasteiger partial charge on any atom is -0.326 e. The molecule has 0 saturated carbocycles. The molecule has 6 nitrogen and oxygen atoms in total. The number of hydrogen-bond donors (Lipinski definition) is 2. The van der Waals surface area contributed by atoms with Gasteiger partial charge in [0.1, 0.15) is 0 Å². The van der Waals surface area contributed by atoms with Gasteiger partial charge in [0, 0.05) is 38.3 Å². The molecule has 2 bridgehead atoms. The molecule has 1 amide bonds. The first-order valence-corrected chi connectivity index (χ1v) is 10.3. The molecular weight excluding hydrogens is 374 g/mol. The number of amides is 1. The molecule has 146 valence electrons. The van der Waals surface area contributed by atoms with Crippen LogP contribution in [0.15, 0.2) is 23.1 Å². The highest BCUT2D eigenvalue weighted by Gasteiger charge is 2.34. The number of benzene rings is 1. The lowest BCUT2D eigenvalue weighted by atomic mass is 9.89. The molecular formula is C18H28ClN3O3S. The van der Waals surface area contributed by atoms with Crippen LogP contribution in [0.25, 0.3) is 0 Å². The molecule has 26 heavy (non-hydrogen) atoms. The number of carbonyl (C=O) groups is 1. The van der Waals surface area contributed by atoms with E-state index < -0.39 is 10.0 Å². The number of sulfonamides is 1. The summed E-state index contributed by atoms with van der Waals surface area (Å²) < 4.78 is 26.0. The van der Waals surface area contributed by atoms with Crippen molar-refractivity contribution in [1.82, 2.24) is 9.62 Å². The minimum atomic E-state index is -3.53. The third-order valence-electron chi connectivity index (χ3n) is 5.28. The van der Waals surface area contributed by atoms with Crippen LogP contribution in [-0.2, 0) is 14.8 Å². The van der Waals surface area contributed by atoms with Crippen molar-refractivity contribution in [3.8, 4) is 0 Å². The van der Waals surface area contributed by atoms with E-state index in [4.69, 9.17) is 0 Å². The number of hydrogen-bond acceptors (Lipinski definition) is 4. The maximum absolute atomic E-state index is 12.4. The first kappa shape index (κ1) is 21.2. The second-order valence-corrected chi connectivity index (χ2v) is 9.62. The van der Waals surface area contributed by atoms with Gasteiger partial charge in [0.25, 0.3) is 0 Å². The van der Waals surface area contributed by atoms with E-state index in [9.17, 15) is 13.2 Å². The second-order valence-electron chi connectivity index (χ2n) is 7.50. The number of carbonyl (C=O) groups excluding carboxylic acids is 1. The van der Waals surface area contributed by atoms with Crippen LogP contribution < -0.4 is 10.6 Å². The summed E-state index contributed by atoms with van der Waals surface area (Å²) in [5, 5.41) is 6.46. The van der Waals surface area contributed by atoms with Gasteiger partial charge in [-0.25, -0.2) is 12.7 Å². The van der Waals surface area contributed by atoms with Gasteiger partial charge in [0.05, 0.1) is 4.90 Å². The molecule has 2 heterocycles. The number of rotatable bonds is 5. The van der Waals surface area contributed by atoms with E-state index in [1.54, 1.807) is 25.1 Å². The highest BCUT2D eigenvalue weighted by Crippen LogP contribution is 2.33. The zero-order chi connectivity index (χ0) is 18.2. The van der Waals surface area contributed by atoms with Crippen molar-refractivity contribution in [2.24, 2.45) is 5.92 Å². The van der Waals surface area contributed by atoms with Crippen LogP contribution in [0.5, 0.6) is 0 Å². The Labute approximate surface area is 162 Å². The van der Waals surface area contributed by atoms with Gasteiger partial charge in [-0.05, 0) is 56.2 Å². The Morgan fingerprint density at radius 3 is 2.42 bits per heavy atom. The summed E-state index contributed by atoms with van der Waals surface area (Å²) in [5.74, 6) is 0.373. The zero-order valence-corrected chi connectivity index (χ0v) is 17.1. The summed E-state index contributed by atoms with van der Waals surface area (Å²) in [5.41, 5.74) is 1.20. The molecule has 0 aromatic heterocycles. The van der Waals surface area contributed by atoms with Gasteiger partial charge in [-0.1, -0.05) is 6.07 Å². The molecule has 2 aliphatic rings. The van der Waals surface area contributed by atoms with Gasteiger partial charge >= 0.3 is 0 Å². The topological polar surface area (TPSA) is 78.5 Å². The first-order valence-electron chi connectivity index (χ1n) is 8.85. The van der Waals surface area contributed by atoms with E-state index in [1.165, 1.54) is 31.2 Å². The summed E-state index contributed by atoms with van der Waals surface area (Å²) in [6.45, 7) is 1.76. The maximum atomic E-state index is 12.4.